The molecule has 0 bridgehead atoms. The van der Waals surface area contributed by atoms with Gasteiger partial charge in [-0.1, -0.05) is 0 Å². The first-order valence-electron chi connectivity index (χ1n) is 4.06. The zero-order valence-corrected chi connectivity index (χ0v) is 7.34. The molecule has 0 spiro atoms. The second kappa shape index (κ2) is 6.62. The van der Waals surface area contributed by atoms with E-state index in [2.05, 4.69) is 5.32 Å². The number of hydrogen-bond donors (Lipinski definition) is 2. The Morgan fingerprint density at radius 2 is 2.42 bits per heavy atom. The van der Waals surface area contributed by atoms with Crippen molar-refractivity contribution in [3.63, 3.8) is 0 Å². The van der Waals surface area contributed by atoms with Crippen LogP contribution in [0.15, 0.2) is 0 Å². The molecule has 0 saturated carbocycles. The number of carbonyl (C=O) groups is 1. The van der Waals surface area contributed by atoms with Gasteiger partial charge in [0.15, 0.2) is 0 Å². The van der Waals surface area contributed by atoms with E-state index in [1.54, 1.807) is 0 Å². The molecule has 0 saturated heterocycles. The van der Waals surface area contributed by atoms with Gasteiger partial charge in [0, 0.05) is 12.5 Å². The van der Waals surface area contributed by atoms with Gasteiger partial charge in [-0.15, -0.1) is 0 Å². The Morgan fingerprint density at radius 3 is 2.92 bits per heavy atom. The van der Waals surface area contributed by atoms with Gasteiger partial charge in [-0.25, -0.2) is 0 Å². The van der Waals surface area contributed by atoms with Crippen molar-refractivity contribution in [3.05, 3.63) is 0 Å². The molecule has 0 aliphatic rings. The van der Waals surface area contributed by atoms with Gasteiger partial charge in [0.05, 0.1) is 6.07 Å². The predicted molar refractivity (Wildman–Crippen MR) is 46.1 cm³/mol. The molecule has 0 aliphatic heterocycles. The number of nitriles is 1. The quantitative estimate of drug-likeness (QED) is 0.575. The molecule has 0 radical (unpaired) electrons. The fourth-order valence-electron chi connectivity index (χ4n) is 0.811. The van der Waals surface area contributed by atoms with Crippen molar-refractivity contribution < 1.29 is 4.79 Å². The summed E-state index contributed by atoms with van der Waals surface area (Å²) in [5.41, 5.74) is 5.49. The van der Waals surface area contributed by atoms with E-state index in [0.717, 1.165) is 12.8 Å². The summed E-state index contributed by atoms with van der Waals surface area (Å²) in [4.78, 5) is 10.9. The predicted octanol–water partition coefficient (Wildman–Crippen LogP) is 0.144. The lowest BCUT2D eigenvalue weighted by Gasteiger charge is -2.03. The zero-order chi connectivity index (χ0) is 9.40. The molecule has 0 aromatic rings. The molecule has 12 heavy (non-hydrogen) atoms. The number of amides is 1. The molecule has 0 aliphatic carbocycles. The molecular weight excluding hydrogens is 154 g/mol. The third-order valence-electron chi connectivity index (χ3n) is 1.43. The summed E-state index contributed by atoms with van der Waals surface area (Å²) in [7, 11) is 0. The third kappa shape index (κ3) is 7.03. The summed E-state index contributed by atoms with van der Waals surface area (Å²) < 4.78 is 0. The van der Waals surface area contributed by atoms with Crippen LogP contribution in [0.25, 0.3) is 0 Å². The van der Waals surface area contributed by atoms with E-state index in [1.807, 2.05) is 13.0 Å². The average Bonchev–Trinajstić information content (AvgIpc) is 2.00. The van der Waals surface area contributed by atoms with Gasteiger partial charge in [-0.2, -0.15) is 5.26 Å². The molecule has 3 N–H and O–H groups in total. The van der Waals surface area contributed by atoms with Crippen LogP contribution in [0.2, 0.25) is 0 Å². The smallest absolute Gasteiger partial charge is 0.220 e. The van der Waals surface area contributed by atoms with Gasteiger partial charge in [-0.05, 0) is 19.8 Å². The molecule has 1 atom stereocenters. The highest BCUT2D eigenvalue weighted by atomic mass is 16.1. The molecule has 0 aromatic heterocycles. The first-order valence-corrected chi connectivity index (χ1v) is 4.06. The molecule has 4 heteroatoms. The van der Waals surface area contributed by atoms with Gasteiger partial charge in [0.2, 0.25) is 5.91 Å². The van der Waals surface area contributed by atoms with Gasteiger partial charge < -0.3 is 11.1 Å². The van der Waals surface area contributed by atoms with E-state index in [1.165, 1.54) is 0 Å². The standard InChI is InChI=1S/C8H15N3O/c1-7(10)3-2-4-8(12)11-6-5-9/h7H,2-4,6,10H2,1H3,(H,11,12). The lowest BCUT2D eigenvalue weighted by atomic mass is 10.1. The van der Waals surface area contributed by atoms with Crippen molar-refractivity contribution in [3.8, 4) is 6.07 Å². The molecule has 0 aromatic carbocycles. The second-order valence-electron chi connectivity index (χ2n) is 2.80. The van der Waals surface area contributed by atoms with Gasteiger partial charge in [0.25, 0.3) is 0 Å². The number of nitrogens with zero attached hydrogens (tertiary/aromatic N) is 1. The van der Waals surface area contributed by atoms with Crippen LogP contribution in [0.3, 0.4) is 0 Å². The first kappa shape index (κ1) is 10.9. The van der Waals surface area contributed by atoms with Gasteiger partial charge in [-0.3, -0.25) is 4.79 Å². The third-order valence-corrected chi connectivity index (χ3v) is 1.43. The highest BCUT2D eigenvalue weighted by molar-refractivity contribution is 5.75. The Kier molecular flexibility index (Phi) is 6.02. The van der Waals surface area contributed by atoms with E-state index in [4.69, 9.17) is 11.0 Å². The summed E-state index contributed by atoms with van der Waals surface area (Å²) in [6, 6.07) is 1.99. The summed E-state index contributed by atoms with van der Waals surface area (Å²) in [6.07, 6.45) is 2.10. The van der Waals surface area contributed by atoms with Crippen molar-refractivity contribution in [2.75, 3.05) is 6.54 Å². The molecule has 1 amide bonds. The molecule has 0 rings (SSSR count). The summed E-state index contributed by atoms with van der Waals surface area (Å²) in [5.74, 6) is -0.0720. The number of hydrogen-bond acceptors (Lipinski definition) is 3. The SMILES string of the molecule is CC(N)CCCC(=O)NCC#N. The number of rotatable bonds is 5. The van der Waals surface area contributed by atoms with Crippen LogP contribution >= 0.6 is 0 Å². The molecule has 4 nitrogen and oxygen atoms in total. The zero-order valence-electron chi connectivity index (χ0n) is 7.34. The van der Waals surface area contributed by atoms with E-state index >= 15 is 0 Å². The van der Waals surface area contributed by atoms with Crippen LogP contribution in [-0.4, -0.2) is 18.5 Å². The van der Waals surface area contributed by atoms with Crippen LogP contribution in [0, 0.1) is 11.3 Å². The maximum Gasteiger partial charge on any atom is 0.220 e. The van der Waals surface area contributed by atoms with Crippen molar-refractivity contribution in [2.24, 2.45) is 5.73 Å². The fourth-order valence-corrected chi connectivity index (χ4v) is 0.811. The Hall–Kier alpha value is -1.08. The highest BCUT2D eigenvalue weighted by Crippen LogP contribution is 1.97. The Morgan fingerprint density at radius 1 is 1.75 bits per heavy atom. The van der Waals surface area contributed by atoms with Crippen LogP contribution in [0.4, 0.5) is 0 Å². The molecular formula is C8H15N3O. The highest BCUT2D eigenvalue weighted by Gasteiger charge is 2.00. The first-order chi connectivity index (χ1) is 5.66. The molecule has 1 unspecified atom stereocenters. The summed E-state index contributed by atoms with van der Waals surface area (Å²) in [6.45, 7) is 2.00. The second-order valence-corrected chi connectivity index (χ2v) is 2.80. The number of carbonyl (C=O) groups excluding carboxylic acids is 1. The minimum atomic E-state index is -0.0720. The van der Waals surface area contributed by atoms with Gasteiger partial charge in [0.1, 0.15) is 6.54 Å². The van der Waals surface area contributed by atoms with Crippen molar-refractivity contribution in [1.82, 2.24) is 5.32 Å². The Labute approximate surface area is 72.7 Å². The lowest BCUT2D eigenvalue weighted by Crippen LogP contribution is -2.24. The fraction of sp³-hybridized carbons (Fsp3) is 0.750. The Balaban J connectivity index is 3.27. The average molecular weight is 169 g/mol. The van der Waals surface area contributed by atoms with Crippen molar-refractivity contribution >= 4 is 5.91 Å². The lowest BCUT2D eigenvalue weighted by molar-refractivity contribution is -0.120. The van der Waals surface area contributed by atoms with E-state index in [-0.39, 0.29) is 18.5 Å². The maximum absolute atomic E-state index is 10.9. The minimum Gasteiger partial charge on any atom is -0.343 e. The van der Waals surface area contributed by atoms with E-state index in [0.29, 0.717) is 6.42 Å². The van der Waals surface area contributed by atoms with Crippen LogP contribution in [-0.2, 0) is 4.79 Å². The molecule has 68 valence electrons. The van der Waals surface area contributed by atoms with E-state index < -0.39 is 0 Å². The van der Waals surface area contributed by atoms with Crippen molar-refractivity contribution in [2.45, 2.75) is 32.2 Å². The summed E-state index contributed by atoms with van der Waals surface area (Å²) >= 11 is 0. The van der Waals surface area contributed by atoms with E-state index in [9.17, 15) is 4.79 Å². The molecule has 0 heterocycles. The van der Waals surface area contributed by atoms with Gasteiger partial charge >= 0.3 is 0 Å². The van der Waals surface area contributed by atoms with Crippen LogP contribution in [0.1, 0.15) is 26.2 Å². The normalized spacial score (nSPS) is 11.8. The largest absolute Gasteiger partial charge is 0.343 e. The number of nitrogens with two attached hydrogens (primary N) is 1. The molecule has 0 fully saturated rings. The summed E-state index contributed by atoms with van der Waals surface area (Å²) in [5, 5.41) is 10.6. The van der Waals surface area contributed by atoms with Crippen LogP contribution in [0.5, 0.6) is 0 Å². The Bertz CT molecular complexity index is 172. The maximum atomic E-state index is 10.9. The van der Waals surface area contributed by atoms with Crippen LogP contribution < -0.4 is 11.1 Å². The van der Waals surface area contributed by atoms with Crippen molar-refractivity contribution in [1.29, 1.82) is 5.26 Å². The minimum absolute atomic E-state index is 0.0720. The topological polar surface area (TPSA) is 78.9 Å². The monoisotopic (exact) mass is 169 g/mol. The number of nitrogens with one attached hydrogen (secondary N) is 1.